The maximum atomic E-state index is 13.4. The second-order valence-electron chi connectivity index (χ2n) is 14.8. The summed E-state index contributed by atoms with van der Waals surface area (Å²) in [5.41, 5.74) is 16.6. The lowest BCUT2D eigenvalue weighted by Gasteiger charge is -2.26. The smallest absolute Gasteiger partial charge is 0.326 e. The normalized spacial score (nSPS) is 14.7. The molecule has 0 fully saturated rings. The lowest BCUT2D eigenvalue weighted by atomic mass is 10.0. The second-order valence-corrected chi connectivity index (χ2v) is 14.8. The molecule has 0 aromatic carbocycles. The van der Waals surface area contributed by atoms with Gasteiger partial charge in [0.05, 0.1) is 32.0 Å². The van der Waals surface area contributed by atoms with Gasteiger partial charge in [-0.2, -0.15) is 0 Å². The van der Waals surface area contributed by atoms with Crippen molar-refractivity contribution in [3.05, 3.63) is 18.2 Å². The molecule has 0 aliphatic carbocycles. The number of guanidine groups is 1. The van der Waals surface area contributed by atoms with E-state index in [4.69, 9.17) is 22.3 Å². The van der Waals surface area contributed by atoms with Crippen LogP contribution in [0.2, 0.25) is 0 Å². The first-order valence-corrected chi connectivity index (χ1v) is 19.8. The first-order valence-electron chi connectivity index (χ1n) is 19.8. The highest BCUT2D eigenvalue weighted by molar-refractivity contribution is 5.98. The Balaban J connectivity index is 3.07. The van der Waals surface area contributed by atoms with E-state index in [1.54, 1.807) is 13.8 Å². The molecule has 28 heteroatoms. The lowest BCUT2D eigenvalue weighted by molar-refractivity contribution is -0.143. The number of amides is 7. The van der Waals surface area contributed by atoms with Gasteiger partial charge in [-0.1, -0.05) is 13.8 Å². The van der Waals surface area contributed by atoms with E-state index in [1.807, 2.05) is 0 Å². The van der Waals surface area contributed by atoms with Gasteiger partial charge in [-0.15, -0.1) is 0 Å². The van der Waals surface area contributed by atoms with Crippen LogP contribution < -0.4 is 54.4 Å². The fraction of sp³-hybridized carbons (Fsp3) is 0.611. The van der Waals surface area contributed by atoms with E-state index >= 15 is 0 Å². The van der Waals surface area contributed by atoms with Gasteiger partial charge < -0.3 is 84.9 Å². The Morgan fingerprint density at radius 3 is 1.66 bits per heavy atom. The molecule has 0 unspecified atom stereocenters. The van der Waals surface area contributed by atoms with Crippen LogP contribution in [0.4, 0.5) is 0 Å². The number of aliphatic hydroxyl groups is 2. The number of carbonyl (C=O) groups excluding carboxylic acids is 7. The molecule has 0 aliphatic rings. The van der Waals surface area contributed by atoms with Gasteiger partial charge >= 0.3 is 17.9 Å². The van der Waals surface area contributed by atoms with E-state index in [2.05, 4.69) is 52.2 Å². The average Bonchev–Trinajstić information content (AvgIpc) is 3.73. The number of carboxylic acids is 3. The molecule has 1 aromatic heterocycles. The number of carbonyl (C=O) groups is 10. The zero-order valence-electron chi connectivity index (χ0n) is 35.4. The minimum Gasteiger partial charge on any atom is -0.481 e. The molecule has 358 valence electrons. The van der Waals surface area contributed by atoms with Crippen molar-refractivity contribution in [2.45, 2.75) is 114 Å². The first kappa shape index (κ1) is 55.1. The van der Waals surface area contributed by atoms with E-state index in [9.17, 15) is 68.4 Å². The number of H-pyrrole nitrogens is 1. The third kappa shape index (κ3) is 20.8. The van der Waals surface area contributed by atoms with Gasteiger partial charge in [-0.05, 0) is 38.5 Å². The molecule has 0 bridgehead atoms. The zero-order valence-corrected chi connectivity index (χ0v) is 35.4. The molecule has 0 spiro atoms. The van der Waals surface area contributed by atoms with E-state index in [-0.39, 0.29) is 50.5 Å². The predicted molar refractivity (Wildman–Crippen MR) is 220 cm³/mol. The summed E-state index contributed by atoms with van der Waals surface area (Å²) in [7, 11) is 0. The number of aromatic nitrogens is 2. The summed E-state index contributed by atoms with van der Waals surface area (Å²) in [5, 5.41) is 63.5. The van der Waals surface area contributed by atoms with Crippen LogP contribution in [-0.4, -0.2) is 169 Å². The Bertz CT molecular complexity index is 1810. The second kappa shape index (κ2) is 27.9. The van der Waals surface area contributed by atoms with Crippen LogP contribution in [0.15, 0.2) is 17.5 Å². The minimum absolute atomic E-state index is 0.0599. The number of hydrogen-bond donors (Lipinski definition) is 16. The third-order valence-corrected chi connectivity index (χ3v) is 8.91. The van der Waals surface area contributed by atoms with Crippen LogP contribution in [0.5, 0.6) is 0 Å². The molecule has 0 aliphatic heterocycles. The summed E-state index contributed by atoms with van der Waals surface area (Å²) < 4.78 is 0. The molecule has 1 aromatic rings. The number of imidazole rings is 1. The van der Waals surface area contributed by atoms with Crippen molar-refractivity contribution in [3.63, 3.8) is 0 Å². The fourth-order valence-electron chi connectivity index (χ4n) is 5.52. The van der Waals surface area contributed by atoms with Gasteiger partial charge in [-0.25, -0.2) is 9.78 Å². The number of aliphatic imine (C=N–C) groups is 1. The minimum atomic E-state index is -1.86. The highest BCUT2D eigenvalue weighted by Crippen LogP contribution is 2.08. The zero-order chi connectivity index (χ0) is 48.7. The van der Waals surface area contributed by atoms with E-state index < -0.39 is 134 Å². The van der Waals surface area contributed by atoms with Crippen LogP contribution in [0, 0.1) is 5.92 Å². The average molecular weight is 914 g/mol. The van der Waals surface area contributed by atoms with Crippen LogP contribution in [0.25, 0.3) is 0 Å². The summed E-state index contributed by atoms with van der Waals surface area (Å²) >= 11 is 0. The number of nitrogens with two attached hydrogens (primary N) is 3. The Hall–Kier alpha value is -6.94. The number of aliphatic carboxylic acids is 3. The lowest BCUT2D eigenvalue weighted by Crippen LogP contribution is -2.61. The molecule has 1 heterocycles. The fourth-order valence-corrected chi connectivity index (χ4v) is 5.52. The summed E-state index contributed by atoms with van der Waals surface area (Å²) in [4.78, 5) is 137. The van der Waals surface area contributed by atoms with Gasteiger partial charge in [-0.3, -0.25) is 48.1 Å². The van der Waals surface area contributed by atoms with Crippen LogP contribution in [-0.2, 0) is 54.4 Å². The van der Waals surface area contributed by atoms with Gasteiger partial charge in [0.15, 0.2) is 5.96 Å². The molecule has 0 saturated heterocycles. The number of aliphatic hydroxyl groups excluding tert-OH is 2. The van der Waals surface area contributed by atoms with Crippen LogP contribution >= 0.6 is 0 Å². The molecule has 64 heavy (non-hydrogen) atoms. The number of aromatic amines is 1. The maximum Gasteiger partial charge on any atom is 0.326 e. The van der Waals surface area contributed by atoms with Gasteiger partial charge in [0, 0.05) is 31.3 Å². The Morgan fingerprint density at radius 2 is 1.16 bits per heavy atom. The first-order chi connectivity index (χ1) is 30.0. The van der Waals surface area contributed by atoms with E-state index in [1.165, 1.54) is 12.5 Å². The summed E-state index contributed by atoms with van der Waals surface area (Å²) in [6.07, 6.45) is 0.520. The monoisotopic (exact) mass is 913 g/mol. The molecular formula is C36H59N13O15. The molecule has 19 N–H and O–H groups in total. The maximum absolute atomic E-state index is 13.4. The summed E-state index contributed by atoms with van der Waals surface area (Å²) in [6, 6.07) is -12.6. The van der Waals surface area contributed by atoms with Crippen molar-refractivity contribution in [2.24, 2.45) is 28.1 Å². The molecule has 0 radical (unpaired) electrons. The largest absolute Gasteiger partial charge is 0.481 e. The van der Waals surface area contributed by atoms with E-state index in [0.29, 0.717) is 5.69 Å². The highest BCUT2D eigenvalue weighted by atomic mass is 16.4. The number of carboxylic acid groups (broad SMARTS) is 3. The topological polar surface area (TPSA) is 475 Å². The van der Waals surface area contributed by atoms with Crippen molar-refractivity contribution < 1.29 is 73.5 Å². The Labute approximate surface area is 365 Å². The molecule has 0 saturated carbocycles. The van der Waals surface area contributed by atoms with Crippen molar-refractivity contribution in [3.8, 4) is 0 Å². The Morgan fingerprint density at radius 1 is 0.656 bits per heavy atom. The van der Waals surface area contributed by atoms with Crippen LogP contribution in [0.1, 0.15) is 65.0 Å². The summed E-state index contributed by atoms with van der Waals surface area (Å²) in [6.45, 7) is 2.50. The molecule has 1 rings (SSSR count). The standard InChI is InChI=1S/C36H59N13O15/c1-16(2)9-21(31(59)49-25(14-51)33(61)44-20(35(63)64)5-4-8-41-36(38)39)46-34(62)24(13-50)48-28(56)17(3)43-30(58)23(11-27(54)55)47-32(60)22(10-18-12-40-15-42-18)45-29(57)19(37)6-7-26(52)53/h12,15-17,19-25,50-51H,4-11,13-14,37H2,1-3H3,(H,40,42)(H,43,58)(H,44,61)(H,45,57)(H,46,62)(H,47,60)(H,48,56)(H,49,59)(H,52,53)(H,54,55)(H,63,64)(H4,38,39,41)/t17-,19-,20-,21-,22-,23-,24-,25-/m0/s1. The molecule has 28 nitrogen and oxygen atoms in total. The van der Waals surface area contributed by atoms with Gasteiger partial charge in [0.1, 0.15) is 42.3 Å². The number of rotatable bonds is 30. The number of nitrogens with one attached hydrogen (secondary N) is 8. The van der Waals surface area contributed by atoms with Gasteiger partial charge in [0.25, 0.3) is 0 Å². The molecule has 7 amide bonds. The quantitative estimate of drug-likeness (QED) is 0.0194. The summed E-state index contributed by atoms with van der Waals surface area (Å²) in [5.74, 6) is -12.2. The van der Waals surface area contributed by atoms with Gasteiger partial charge in [0.2, 0.25) is 41.4 Å². The predicted octanol–water partition coefficient (Wildman–Crippen LogP) is -6.80. The van der Waals surface area contributed by atoms with Crippen molar-refractivity contribution in [1.82, 2.24) is 47.2 Å². The SMILES string of the molecule is CC(C)C[C@H](NC(=O)[C@H](CO)NC(=O)[C@H](C)NC(=O)[C@H](CC(=O)O)NC(=O)[C@H](Cc1cnc[nH]1)NC(=O)[C@@H](N)CCC(=O)O)C(=O)N[C@@H](CO)C(=O)N[C@@H](CCCN=C(N)N)C(=O)O. The molecular weight excluding hydrogens is 854 g/mol. The van der Waals surface area contributed by atoms with Crippen molar-refractivity contribution >= 4 is 65.2 Å². The van der Waals surface area contributed by atoms with E-state index in [0.717, 1.165) is 6.92 Å². The molecule has 8 atom stereocenters. The van der Waals surface area contributed by atoms with Crippen LogP contribution in [0.3, 0.4) is 0 Å². The highest BCUT2D eigenvalue weighted by Gasteiger charge is 2.34. The third-order valence-electron chi connectivity index (χ3n) is 8.91. The number of nitrogens with zero attached hydrogens (tertiary/aromatic N) is 2. The van der Waals surface area contributed by atoms with Crippen molar-refractivity contribution in [1.29, 1.82) is 0 Å². The van der Waals surface area contributed by atoms with Crippen molar-refractivity contribution in [2.75, 3.05) is 19.8 Å². The Kier molecular flexibility index (Phi) is 24.0. The number of hydrogen-bond acceptors (Lipinski definition) is 15.